The second kappa shape index (κ2) is 4.99. The van der Waals surface area contributed by atoms with Gasteiger partial charge in [-0.1, -0.05) is 6.07 Å². The van der Waals surface area contributed by atoms with Gasteiger partial charge < -0.3 is 0 Å². The van der Waals surface area contributed by atoms with Gasteiger partial charge in [0.15, 0.2) is 0 Å². The molecule has 0 aliphatic carbocycles. The van der Waals surface area contributed by atoms with Crippen molar-refractivity contribution in [2.24, 2.45) is 4.99 Å². The predicted molar refractivity (Wildman–Crippen MR) is 79.0 cm³/mol. The van der Waals surface area contributed by atoms with Crippen LogP contribution in [-0.2, 0) is 0 Å². The van der Waals surface area contributed by atoms with Gasteiger partial charge in [0.25, 0.3) is 5.69 Å². The quantitative estimate of drug-likeness (QED) is 0.531. The minimum absolute atomic E-state index is 0.0970. The molecule has 0 saturated carbocycles. The molecular weight excluding hydrogens is 280 g/mol. The third-order valence-electron chi connectivity index (χ3n) is 2.67. The molecule has 6 heteroatoms. The summed E-state index contributed by atoms with van der Waals surface area (Å²) < 4.78 is 1.26. The highest BCUT2D eigenvalue weighted by Crippen LogP contribution is 2.46. The molecule has 0 N–H and O–H groups in total. The molecule has 19 heavy (non-hydrogen) atoms. The van der Waals surface area contributed by atoms with Gasteiger partial charge in [0.1, 0.15) is 0 Å². The van der Waals surface area contributed by atoms with E-state index in [1.54, 1.807) is 23.5 Å². The lowest BCUT2D eigenvalue weighted by Gasteiger charge is -2.14. The summed E-state index contributed by atoms with van der Waals surface area (Å²) >= 11 is 1.70. The number of thiophene rings is 1. The molecule has 1 aliphatic rings. The van der Waals surface area contributed by atoms with Crippen molar-refractivity contribution < 1.29 is 4.92 Å². The normalized spacial score (nSPS) is 19.4. The highest BCUT2D eigenvalue weighted by Gasteiger charge is 2.18. The van der Waals surface area contributed by atoms with Crippen LogP contribution in [0, 0.1) is 16.3 Å². The third-order valence-corrected chi connectivity index (χ3v) is 6.05. The maximum atomic E-state index is 10.6. The number of nitrogens with zero attached hydrogens (tertiary/aromatic N) is 2. The molecule has 1 aliphatic heterocycles. The van der Waals surface area contributed by atoms with E-state index >= 15 is 0 Å². The number of nitro benzene ring substituents is 1. The molecule has 4 nitrogen and oxygen atoms in total. The van der Waals surface area contributed by atoms with Crippen molar-refractivity contribution in [1.82, 2.24) is 0 Å². The predicted octanol–water partition coefficient (Wildman–Crippen LogP) is 3.75. The monoisotopic (exact) mass is 289 g/mol. The average Bonchev–Trinajstić information content (AvgIpc) is 3.09. The molecule has 1 unspecified atom stereocenters. The molecule has 2 heterocycles. The van der Waals surface area contributed by atoms with Gasteiger partial charge in [-0.15, -0.1) is 11.3 Å². The van der Waals surface area contributed by atoms with Gasteiger partial charge in [-0.05, 0) is 29.0 Å². The summed E-state index contributed by atoms with van der Waals surface area (Å²) in [5, 5.41) is 15.6. The lowest BCUT2D eigenvalue weighted by molar-refractivity contribution is -0.384. The molecule has 1 radical (unpaired) electrons. The van der Waals surface area contributed by atoms with E-state index in [9.17, 15) is 10.1 Å². The van der Waals surface area contributed by atoms with Crippen LogP contribution < -0.4 is 0 Å². The molecule has 1 aromatic heterocycles. The summed E-state index contributed by atoms with van der Waals surface area (Å²) in [6.07, 6.45) is 2.91. The number of hydrogen-bond donors (Lipinski definition) is 1. The van der Waals surface area contributed by atoms with Crippen LogP contribution in [0.5, 0.6) is 0 Å². The molecule has 0 saturated heterocycles. The molecular formula is C13H9N2O2S2. The second-order valence-corrected chi connectivity index (χ2v) is 6.97. The molecule has 1 aromatic carbocycles. The highest BCUT2D eigenvalue weighted by atomic mass is 32.2. The largest absolute Gasteiger partial charge is 0.269 e. The smallest absolute Gasteiger partial charge is 0.258 e. The van der Waals surface area contributed by atoms with Gasteiger partial charge in [0.2, 0.25) is 0 Å². The number of hydrogen-bond acceptors (Lipinski definition) is 4. The van der Waals surface area contributed by atoms with Crippen LogP contribution in [0.2, 0.25) is 0 Å². The zero-order valence-electron chi connectivity index (χ0n) is 9.69. The van der Waals surface area contributed by atoms with Crippen LogP contribution in [0.1, 0.15) is 5.56 Å². The summed E-state index contributed by atoms with van der Waals surface area (Å²) in [5.74, 6) is 0. The van der Waals surface area contributed by atoms with Crippen molar-refractivity contribution in [2.75, 3.05) is 0 Å². The van der Waals surface area contributed by atoms with Gasteiger partial charge in [0.05, 0.1) is 16.2 Å². The minimum atomic E-state index is -0.605. The van der Waals surface area contributed by atoms with Crippen molar-refractivity contribution in [3.8, 4) is 0 Å². The van der Waals surface area contributed by atoms with Gasteiger partial charge in [0, 0.05) is 21.9 Å². The van der Waals surface area contributed by atoms with Gasteiger partial charge in [-0.2, -0.15) is 10.9 Å². The first-order valence-electron chi connectivity index (χ1n) is 5.50. The number of non-ortho nitro benzene ring substituents is 1. The second-order valence-electron chi connectivity index (χ2n) is 3.82. The Bertz CT molecular complexity index is 660. The Morgan fingerprint density at radius 1 is 1.26 bits per heavy atom. The Hall–Kier alpha value is -1.92. The zero-order valence-corrected chi connectivity index (χ0v) is 11.4. The standard InChI is InChI=1S/C13H9N2O2S2/c16-15(17)11-5-3-10(4-6-11)13-14-7-9-19(13)12-2-1-8-18-12/h1-6,8-9,19H. The van der Waals surface area contributed by atoms with E-state index in [2.05, 4.69) is 17.3 Å². The zero-order chi connectivity index (χ0) is 13.2. The van der Waals surface area contributed by atoms with E-state index in [1.807, 2.05) is 16.9 Å². The van der Waals surface area contributed by atoms with E-state index in [0.29, 0.717) is 0 Å². The van der Waals surface area contributed by atoms with Gasteiger partial charge in [-0.3, -0.25) is 10.1 Å². The lowest BCUT2D eigenvalue weighted by Crippen LogP contribution is -1.98. The molecule has 2 aromatic rings. The van der Waals surface area contributed by atoms with E-state index in [0.717, 1.165) is 10.6 Å². The van der Waals surface area contributed by atoms with Crippen molar-refractivity contribution in [1.29, 1.82) is 0 Å². The maximum absolute atomic E-state index is 10.6. The van der Waals surface area contributed by atoms with Gasteiger partial charge >= 0.3 is 0 Å². The van der Waals surface area contributed by atoms with Crippen LogP contribution in [0.15, 0.2) is 56.4 Å². The first kappa shape index (κ1) is 12.1. The average molecular weight is 289 g/mol. The van der Waals surface area contributed by atoms with Crippen molar-refractivity contribution in [3.63, 3.8) is 0 Å². The molecule has 0 fully saturated rings. The Morgan fingerprint density at radius 3 is 2.68 bits per heavy atom. The van der Waals surface area contributed by atoms with Crippen LogP contribution in [0.25, 0.3) is 0 Å². The molecule has 1 atom stereocenters. The topological polar surface area (TPSA) is 55.5 Å². The van der Waals surface area contributed by atoms with Crippen LogP contribution in [0.4, 0.5) is 5.69 Å². The number of benzene rings is 1. The summed E-state index contributed by atoms with van der Waals surface area (Å²) in [6.45, 7) is 0. The molecule has 95 valence electrons. The third kappa shape index (κ3) is 2.32. The lowest BCUT2D eigenvalue weighted by atomic mass is 10.2. The van der Waals surface area contributed by atoms with E-state index in [4.69, 9.17) is 0 Å². The van der Waals surface area contributed by atoms with Crippen molar-refractivity contribution >= 4 is 33.0 Å². The Labute approximate surface area is 116 Å². The van der Waals surface area contributed by atoms with Crippen LogP contribution >= 0.6 is 22.2 Å². The first-order valence-corrected chi connectivity index (χ1v) is 7.79. The minimum Gasteiger partial charge on any atom is -0.258 e. The van der Waals surface area contributed by atoms with Gasteiger partial charge in [-0.25, -0.2) is 4.99 Å². The molecule has 3 rings (SSSR count). The fraction of sp³-hybridized carbons (Fsp3) is 0. The van der Waals surface area contributed by atoms with E-state index < -0.39 is 15.8 Å². The SMILES string of the molecule is O=[N+]([O-])c1ccc(C2=N[C]=C[SH]2c2cccs2)cc1. The van der Waals surface area contributed by atoms with Crippen LogP contribution in [-0.4, -0.2) is 9.97 Å². The molecule has 0 amide bonds. The van der Waals surface area contributed by atoms with E-state index in [1.165, 1.54) is 16.3 Å². The Morgan fingerprint density at radius 2 is 2.05 bits per heavy atom. The highest BCUT2D eigenvalue weighted by molar-refractivity contribution is 8.33. The van der Waals surface area contributed by atoms with E-state index in [-0.39, 0.29) is 5.69 Å². The van der Waals surface area contributed by atoms with Crippen molar-refractivity contribution in [2.45, 2.75) is 4.21 Å². The fourth-order valence-corrected chi connectivity index (χ4v) is 4.75. The molecule has 0 spiro atoms. The number of aliphatic imine (C=N–C) groups is 1. The number of nitro groups is 1. The molecule has 0 bridgehead atoms. The summed E-state index contributed by atoms with van der Waals surface area (Å²) in [5.41, 5.74) is 1.02. The summed E-state index contributed by atoms with van der Waals surface area (Å²) in [4.78, 5) is 14.5. The first-order chi connectivity index (χ1) is 9.25. The fourth-order valence-electron chi connectivity index (χ4n) is 1.77. The van der Waals surface area contributed by atoms with Crippen molar-refractivity contribution in [3.05, 3.63) is 69.1 Å². The Balaban J connectivity index is 1.92. The number of rotatable bonds is 3. The summed E-state index contributed by atoms with van der Waals surface area (Å²) in [7, 11) is -0.605. The van der Waals surface area contributed by atoms with Crippen LogP contribution in [0.3, 0.4) is 0 Å². The summed E-state index contributed by atoms with van der Waals surface area (Å²) in [6, 6.07) is 10.6. The number of thiol groups is 1. The maximum Gasteiger partial charge on any atom is 0.269 e. The Kier molecular flexibility index (Phi) is 3.18.